The van der Waals surface area contributed by atoms with E-state index >= 15 is 0 Å². The summed E-state index contributed by atoms with van der Waals surface area (Å²) in [5.41, 5.74) is 1.88. The van der Waals surface area contributed by atoms with Crippen LogP contribution in [0.4, 0.5) is 0 Å². The van der Waals surface area contributed by atoms with E-state index in [1.54, 1.807) is 24.3 Å². The average molecular weight is 244 g/mol. The molecule has 0 aliphatic carbocycles. The average Bonchev–Trinajstić information content (AvgIpc) is 2.38. The van der Waals surface area contributed by atoms with Gasteiger partial charge in [-0.05, 0) is 23.3 Å². The Balaban J connectivity index is 1.92. The van der Waals surface area contributed by atoms with Crippen molar-refractivity contribution in [2.45, 2.75) is 13.0 Å². The molecule has 92 valence electrons. The van der Waals surface area contributed by atoms with Gasteiger partial charge in [0.05, 0.1) is 6.42 Å². The summed E-state index contributed by atoms with van der Waals surface area (Å²) in [6.07, 6.45) is 0.0406. The lowest BCUT2D eigenvalue weighted by molar-refractivity contribution is -0.136. The van der Waals surface area contributed by atoms with Crippen molar-refractivity contribution in [2.75, 3.05) is 0 Å². The van der Waals surface area contributed by atoms with Crippen molar-refractivity contribution >= 4 is 5.97 Å². The van der Waals surface area contributed by atoms with Crippen LogP contribution in [-0.2, 0) is 17.8 Å². The predicted octanol–water partition coefficient (Wildman–Crippen LogP) is 2.89. The maximum Gasteiger partial charge on any atom is 0.307 e. The maximum atomic E-state index is 10.5. The zero-order valence-electron chi connectivity index (χ0n) is 9.87. The first-order chi connectivity index (χ1) is 8.74. The van der Waals surface area contributed by atoms with Crippen LogP contribution in [0.5, 0.6) is 5.75 Å². The third-order valence-electron chi connectivity index (χ3n) is 2.53. The molecule has 2 rings (SSSR count). The quantitative estimate of drug-likeness (QED) is 0.822. The lowest BCUT2D eigenvalue weighted by atomic mass is 10.2. The van der Waals surface area contributed by atoms with E-state index < -0.39 is 5.97 Å². The highest BCUT2D eigenvalue weighted by Gasteiger charge is 2.00. The summed E-state index contributed by atoms with van der Waals surface area (Å²) in [6, 6.07) is 17.0. The molecule has 2 aromatic carbocycles. The van der Waals surface area contributed by atoms with E-state index in [4.69, 9.17) is 9.84 Å². The molecule has 0 spiro atoms. The van der Waals surface area contributed by atoms with Gasteiger partial charge >= 0.3 is 5.97 Å². The first kappa shape index (κ1) is 12.2. The fourth-order valence-corrected chi connectivity index (χ4v) is 1.62. The Morgan fingerprint density at radius 1 is 0.944 bits per heavy atom. The topological polar surface area (TPSA) is 46.5 Å². The van der Waals surface area contributed by atoms with Gasteiger partial charge in [0.2, 0.25) is 0 Å². The van der Waals surface area contributed by atoms with Crippen LogP contribution >= 0.6 is 0 Å². The Bertz CT molecular complexity index is 503. The Morgan fingerprint density at radius 3 is 2.22 bits per heavy atom. The number of carboxylic acid groups (broad SMARTS) is 1. The third-order valence-corrected chi connectivity index (χ3v) is 2.53. The molecule has 1 N–H and O–H groups in total. The first-order valence-electron chi connectivity index (χ1n) is 5.71. The Morgan fingerprint density at radius 2 is 1.61 bits per heavy atom. The minimum absolute atomic E-state index is 0.0406. The molecule has 0 bridgehead atoms. The van der Waals surface area contributed by atoms with Gasteiger partial charge in [0.25, 0.3) is 0 Å². The fraction of sp³-hybridized carbons (Fsp3) is 0.133. The normalized spacial score (nSPS) is 10.0. The standard InChI is InChI=1S/C15H14O3/c16-15(17)10-12-6-8-14(9-7-12)18-11-13-4-2-1-3-5-13/h1-9H,10-11H2,(H,16,17)/i10+1,15+1. The predicted molar refractivity (Wildman–Crippen MR) is 68.6 cm³/mol. The molecule has 2 aromatic rings. The molecule has 0 radical (unpaired) electrons. The van der Waals surface area contributed by atoms with Crippen LogP contribution < -0.4 is 4.74 Å². The van der Waals surface area contributed by atoms with Crippen molar-refractivity contribution in [3.05, 3.63) is 65.7 Å². The van der Waals surface area contributed by atoms with E-state index in [1.807, 2.05) is 30.3 Å². The molecule has 0 fully saturated rings. The highest BCUT2D eigenvalue weighted by Crippen LogP contribution is 2.14. The Labute approximate surface area is 106 Å². The van der Waals surface area contributed by atoms with Crippen molar-refractivity contribution in [2.24, 2.45) is 0 Å². The van der Waals surface area contributed by atoms with E-state index in [2.05, 4.69) is 0 Å². The first-order valence-corrected chi connectivity index (χ1v) is 5.71. The van der Waals surface area contributed by atoms with Gasteiger partial charge in [0.1, 0.15) is 12.4 Å². The van der Waals surface area contributed by atoms with Gasteiger partial charge in [-0.1, -0.05) is 42.5 Å². The van der Waals surface area contributed by atoms with Gasteiger partial charge in [-0.3, -0.25) is 4.79 Å². The number of ether oxygens (including phenoxy) is 1. The zero-order chi connectivity index (χ0) is 12.8. The fourth-order valence-electron chi connectivity index (χ4n) is 1.62. The van der Waals surface area contributed by atoms with E-state index in [0.717, 1.165) is 16.9 Å². The molecule has 3 heteroatoms. The molecule has 0 saturated heterocycles. The Hall–Kier alpha value is -2.29. The van der Waals surface area contributed by atoms with Crippen molar-refractivity contribution in [1.82, 2.24) is 0 Å². The summed E-state index contributed by atoms with van der Waals surface area (Å²) in [4.78, 5) is 10.5. The lowest BCUT2D eigenvalue weighted by Crippen LogP contribution is -2.00. The van der Waals surface area contributed by atoms with Crippen molar-refractivity contribution in [1.29, 1.82) is 0 Å². The molecule has 0 atom stereocenters. The number of rotatable bonds is 5. The third kappa shape index (κ3) is 3.63. The number of carbonyl (C=O) groups is 1. The van der Waals surface area contributed by atoms with Crippen LogP contribution in [0.1, 0.15) is 11.1 Å². The molecular weight excluding hydrogens is 230 g/mol. The molecule has 0 aliphatic heterocycles. The number of aliphatic carboxylic acids is 1. The minimum Gasteiger partial charge on any atom is -0.489 e. The van der Waals surface area contributed by atoms with E-state index in [-0.39, 0.29) is 6.42 Å². The number of benzene rings is 2. The van der Waals surface area contributed by atoms with E-state index in [0.29, 0.717) is 6.61 Å². The van der Waals surface area contributed by atoms with Gasteiger partial charge < -0.3 is 9.84 Å². The largest absolute Gasteiger partial charge is 0.489 e. The second kappa shape index (κ2) is 5.87. The number of hydrogen-bond donors (Lipinski definition) is 1. The second-order valence-electron chi connectivity index (χ2n) is 3.99. The van der Waals surface area contributed by atoms with Crippen LogP contribution in [-0.4, -0.2) is 11.1 Å². The van der Waals surface area contributed by atoms with Crippen LogP contribution in [0.25, 0.3) is 0 Å². The van der Waals surface area contributed by atoms with Gasteiger partial charge in [-0.15, -0.1) is 0 Å². The molecule has 3 nitrogen and oxygen atoms in total. The maximum absolute atomic E-state index is 10.5. The summed E-state index contributed by atoms with van der Waals surface area (Å²) >= 11 is 0. The molecular formula is C15H14O3. The van der Waals surface area contributed by atoms with Gasteiger partial charge in [-0.25, -0.2) is 0 Å². The van der Waals surface area contributed by atoms with E-state index in [9.17, 15) is 4.79 Å². The van der Waals surface area contributed by atoms with Gasteiger partial charge in [-0.2, -0.15) is 0 Å². The molecule has 0 unspecified atom stereocenters. The SMILES string of the molecule is O=[13C](O)[13CH2]c1ccc(OCc2ccccc2)cc1. The van der Waals surface area contributed by atoms with Crippen molar-refractivity contribution in [3.63, 3.8) is 0 Å². The van der Waals surface area contributed by atoms with E-state index in [1.165, 1.54) is 0 Å². The molecule has 0 heterocycles. The highest BCUT2D eigenvalue weighted by atomic mass is 16.5. The molecule has 0 aliphatic rings. The Kier molecular flexibility index (Phi) is 3.97. The summed E-state index contributed by atoms with van der Waals surface area (Å²) in [5.74, 6) is -0.0825. The van der Waals surface area contributed by atoms with Crippen molar-refractivity contribution < 1.29 is 14.6 Å². The lowest BCUT2D eigenvalue weighted by Gasteiger charge is -2.06. The molecule has 0 amide bonds. The molecule has 0 saturated carbocycles. The van der Waals surface area contributed by atoms with Crippen LogP contribution in [0.3, 0.4) is 0 Å². The van der Waals surface area contributed by atoms with Crippen LogP contribution in [0, 0.1) is 0 Å². The minimum atomic E-state index is -0.826. The van der Waals surface area contributed by atoms with Crippen LogP contribution in [0.2, 0.25) is 0 Å². The second-order valence-corrected chi connectivity index (χ2v) is 3.99. The number of carboxylic acids is 1. The summed E-state index contributed by atoms with van der Waals surface area (Å²) < 4.78 is 5.60. The summed E-state index contributed by atoms with van der Waals surface area (Å²) in [5, 5.41) is 8.66. The van der Waals surface area contributed by atoms with Gasteiger partial charge in [0, 0.05) is 0 Å². The zero-order valence-corrected chi connectivity index (χ0v) is 9.87. The summed E-state index contributed by atoms with van der Waals surface area (Å²) in [7, 11) is 0. The van der Waals surface area contributed by atoms with Crippen LogP contribution in [0.15, 0.2) is 54.6 Å². The monoisotopic (exact) mass is 244 g/mol. The highest BCUT2D eigenvalue weighted by molar-refractivity contribution is 5.70. The van der Waals surface area contributed by atoms with Gasteiger partial charge in [0.15, 0.2) is 0 Å². The summed E-state index contributed by atoms with van der Waals surface area (Å²) in [6.45, 7) is 0.513. The molecule has 0 aromatic heterocycles. The van der Waals surface area contributed by atoms with Crippen molar-refractivity contribution in [3.8, 4) is 5.75 Å². The number of hydrogen-bond acceptors (Lipinski definition) is 2. The molecule has 18 heavy (non-hydrogen) atoms. The smallest absolute Gasteiger partial charge is 0.307 e.